The van der Waals surface area contributed by atoms with Crippen LogP contribution in [-0.2, 0) is 6.61 Å². The first kappa shape index (κ1) is 10.6. The van der Waals surface area contributed by atoms with Crippen LogP contribution in [0.25, 0.3) is 11.3 Å². The van der Waals surface area contributed by atoms with Gasteiger partial charge < -0.3 is 10.1 Å². The summed E-state index contributed by atoms with van der Waals surface area (Å²) in [5, 5.41) is 8.90. The van der Waals surface area contributed by atoms with Crippen molar-refractivity contribution < 1.29 is 5.11 Å². The first-order valence-electron chi connectivity index (χ1n) is 5.11. The number of rotatable bonds is 2. The topological polar surface area (TPSA) is 53.1 Å². The van der Waals surface area contributed by atoms with Gasteiger partial charge in [-0.25, -0.2) is 0 Å². The molecule has 2 N–H and O–H groups in total. The largest absolute Gasteiger partial charge is 0.391 e. The minimum absolute atomic E-state index is 0.233. The molecule has 3 heteroatoms. The zero-order valence-electron chi connectivity index (χ0n) is 9.03. The van der Waals surface area contributed by atoms with E-state index >= 15 is 0 Å². The monoisotopic (exact) mass is 215 g/mol. The van der Waals surface area contributed by atoms with Crippen molar-refractivity contribution in [2.24, 2.45) is 0 Å². The van der Waals surface area contributed by atoms with Gasteiger partial charge in [0.25, 0.3) is 5.56 Å². The number of benzene rings is 1. The van der Waals surface area contributed by atoms with Crippen molar-refractivity contribution in [3.05, 3.63) is 57.9 Å². The second-order valence-corrected chi connectivity index (χ2v) is 3.75. The summed E-state index contributed by atoms with van der Waals surface area (Å²) in [5.41, 5.74) is 3.04. The van der Waals surface area contributed by atoms with Gasteiger partial charge in [0.2, 0.25) is 0 Å². The third kappa shape index (κ3) is 2.04. The molecule has 82 valence electrons. The van der Waals surface area contributed by atoms with E-state index in [2.05, 4.69) is 4.98 Å². The number of aromatic nitrogens is 1. The standard InChI is InChI=1S/C13H13NO2/c1-9-3-2-4-10(7-9)12-6-5-11(8-15)13(16)14-12/h2-7,15H,8H2,1H3,(H,14,16). The Morgan fingerprint density at radius 2 is 2.06 bits per heavy atom. The van der Waals surface area contributed by atoms with Crippen LogP contribution in [0.1, 0.15) is 11.1 Å². The fraction of sp³-hybridized carbons (Fsp3) is 0.154. The van der Waals surface area contributed by atoms with Gasteiger partial charge in [-0.2, -0.15) is 0 Å². The Balaban J connectivity index is 2.49. The van der Waals surface area contributed by atoms with Gasteiger partial charge in [0.15, 0.2) is 0 Å². The number of aromatic amines is 1. The van der Waals surface area contributed by atoms with Crippen LogP contribution in [0.3, 0.4) is 0 Å². The van der Waals surface area contributed by atoms with Crippen molar-refractivity contribution in [1.29, 1.82) is 0 Å². The molecule has 0 amide bonds. The van der Waals surface area contributed by atoms with E-state index in [1.807, 2.05) is 37.3 Å². The number of hydrogen-bond donors (Lipinski definition) is 2. The van der Waals surface area contributed by atoms with E-state index in [-0.39, 0.29) is 12.2 Å². The molecule has 0 spiro atoms. The van der Waals surface area contributed by atoms with Crippen LogP contribution in [0.4, 0.5) is 0 Å². The van der Waals surface area contributed by atoms with Gasteiger partial charge in [-0.15, -0.1) is 0 Å². The van der Waals surface area contributed by atoms with Crippen molar-refractivity contribution in [2.75, 3.05) is 0 Å². The summed E-state index contributed by atoms with van der Waals surface area (Å²) in [6.45, 7) is 1.77. The molecule has 2 aromatic rings. The van der Waals surface area contributed by atoms with Crippen molar-refractivity contribution in [3.8, 4) is 11.3 Å². The zero-order chi connectivity index (χ0) is 11.5. The molecule has 0 radical (unpaired) electrons. The van der Waals surface area contributed by atoms with E-state index in [0.717, 1.165) is 16.8 Å². The molecule has 0 fully saturated rings. The maximum Gasteiger partial charge on any atom is 0.253 e. The Labute approximate surface area is 93.4 Å². The highest BCUT2D eigenvalue weighted by Gasteiger charge is 2.02. The summed E-state index contributed by atoms with van der Waals surface area (Å²) in [5.74, 6) is 0. The molecule has 0 bridgehead atoms. The quantitative estimate of drug-likeness (QED) is 0.803. The van der Waals surface area contributed by atoms with Gasteiger partial charge in [-0.3, -0.25) is 4.79 Å². The lowest BCUT2D eigenvalue weighted by Crippen LogP contribution is -2.12. The summed E-state index contributed by atoms with van der Waals surface area (Å²) in [7, 11) is 0. The predicted octanol–water partition coefficient (Wildman–Crippen LogP) is 1.84. The maximum absolute atomic E-state index is 11.5. The molecule has 0 saturated heterocycles. The van der Waals surface area contributed by atoms with Crippen molar-refractivity contribution in [3.63, 3.8) is 0 Å². The molecule has 16 heavy (non-hydrogen) atoms. The third-order valence-corrected chi connectivity index (χ3v) is 2.49. The average Bonchev–Trinajstić information content (AvgIpc) is 2.29. The molecule has 3 nitrogen and oxygen atoms in total. The second-order valence-electron chi connectivity index (χ2n) is 3.75. The van der Waals surface area contributed by atoms with Crippen LogP contribution in [-0.4, -0.2) is 10.1 Å². The lowest BCUT2D eigenvalue weighted by atomic mass is 10.1. The molecule has 0 aliphatic heterocycles. The van der Waals surface area contributed by atoms with E-state index in [0.29, 0.717) is 5.56 Å². The van der Waals surface area contributed by atoms with Crippen LogP contribution in [0.5, 0.6) is 0 Å². The molecule has 0 unspecified atom stereocenters. The van der Waals surface area contributed by atoms with E-state index < -0.39 is 0 Å². The molecule has 2 rings (SSSR count). The van der Waals surface area contributed by atoms with Crippen molar-refractivity contribution in [1.82, 2.24) is 4.98 Å². The van der Waals surface area contributed by atoms with E-state index in [1.54, 1.807) is 6.07 Å². The second kappa shape index (κ2) is 4.33. The Bertz CT molecular complexity index is 558. The average molecular weight is 215 g/mol. The van der Waals surface area contributed by atoms with Crippen LogP contribution >= 0.6 is 0 Å². The summed E-state index contributed by atoms with van der Waals surface area (Å²) in [4.78, 5) is 14.3. The van der Waals surface area contributed by atoms with Crippen molar-refractivity contribution in [2.45, 2.75) is 13.5 Å². The molecular weight excluding hydrogens is 202 g/mol. The Hall–Kier alpha value is -1.87. The summed E-state index contributed by atoms with van der Waals surface area (Å²) >= 11 is 0. The van der Waals surface area contributed by atoms with Crippen LogP contribution in [0, 0.1) is 6.92 Å². The maximum atomic E-state index is 11.5. The lowest BCUT2D eigenvalue weighted by molar-refractivity contribution is 0.280. The highest BCUT2D eigenvalue weighted by molar-refractivity contribution is 5.59. The summed E-state index contributed by atoms with van der Waals surface area (Å²) in [6.07, 6.45) is 0. The fourth-order valence-electron chi connectivity index (χ4n) is 1.61. The minimum Gasteiger partial charge on any atom is -0.391 e. The molecule has 1 aromatic carbocycles. The highest BCUT2D eigenvalue weighted by Crippen LogP contribution is 2.16. The van der Waals surface area contributed by atoms with Gasteiger partial charge in [0, 0.05) is 11.3 Å². The third-order valence-electron chi connectivity index (χ3n) is 2.49. The van der Waals surface area contributed by atoms with Crippen LogP contribution in [0.15, 0.2) is 41.2 Å². The molecule has 1 heterocycles. The number of H-pyrrole nitrogens is 1. The Morgan fingerprint density at radius 1 is 1.25 bits per heavy atom. The van der Waals surface area contributed by atoms with Gasteiger partial charge in [-0.05, 0) is 30.7 Å². The van der Waals surface area contributed by atoms with E-state index in [9.17, 15) is 4.79 Å². The number of nitrogens with one attached hydrogen (secondary N) is 1. The number of aliphatic hydroxyl groups is 1. The van der Waals surface area contributed by atoms with Crippen LogP contribution < -0.4 is 5.56 Å². The number of hydrogen-bond acceptors (Lipinski definition) is 2. The molecule has 0 aliphatic carbocycles. The Kier molecular flexibility index (Phi) is 2.88. The number of aryl methyl sites for hydroxylation is 1. The number of pyridine rings is 1. The van der Waals surface area contributed by atoms with Gasteiger partial charge in [0.05, 0.1) is 6.61 Å². The normalized spacial score (nSPS) is 10.4. The molecule has 0 aliphatic rings. The number of aliphatic hydroxyl groups excluding tert-OH is 1. The Morgan fingerprint density at radius 3 is 2.69 bits per heavy atom. The van der Waals surface area contributed by atoms with Gasteiger partial charge >= 0.3 is 0 Å². The first-order chi connectivity index (χ1) is 7.70. The van der Waals surface area contributed by atoms with E-state index in [4.69, 9.17) is 5.11 Å². The SMILES string of the molecule is Cc1cccc(-c2ccc(CO)c(=O)[nH]2)c1. The zero-order valence-corrected chi connectivity index (χ0v) is 9.03. The van der Waals surface area contributed by atoms with Gasteiger partial charge in [-0.1, -0.05) is 23.8 Å². The molecule has 0 saturated carbocycles. The van der Waals surface area contributed by atoms with Crippen LogP contribution in [0.2, 0.25) is 0 Å². The molecule has 1 aromatic heterocycles. The van der Waals surface area contributed by atoms with Gasteiger partial charge in [0.1, 0.15) is 0 Å². The smallest absolute Gasteiger partial charge is 0.253 e. The summed E-state index contributed by atoms with van der Waals surface area (Å²) in [6, 6.07) is 11.4. The minimum atomic E-state index is -0.235. The summed E-state index contributed by atoms with van der Waals surface area (Å²) < 4.78 is 0. The van der Waals surface area contributed by atoms with Crippen molar-refractivity contribution >= 4 is 0 Å². The molecule has 0 atom stereocenters. The predicted molar refractivity (Wildman–Crippen MR) is 63.2 cm³/mol. The lowest BCUT2D eigenvalue weighted by Gasteiger charge is -2.03. The highest BCUT2D eigenvalue weighted by atomic mass is 16.3. The van der Waals surface area contributed by atoms with E-state index in [1.165, 1.54) is 0 Å². The molecular formula is C13H13NO2. The first-order valence-corrected chi connectivity index (χ1v) is 5.11. The fourth-order valence-corrected chi connectivity index (χ4v) is 1.61.